The lowest BCUT2D eigenvalue weighted by Crippen LogP contribution is -2.26. The molecule has 4 aromatic rings. The van der Waals surface area contributed by atoms with Crippen molar-refractivity contribution in [3.05, 3.63) is 106 Å². The molecule has 0 saturated carbocycles. The summed E-state index contributed by atoms with van der Waals surface area (Å²) in [5.74, 6) is -1.80. The zero-order valence-electron chi connectivity index (χ0n) is 19.4. The molecule has 1 heterocycles. The van der Waals surface area contributed by atoms with E-state index < -0.39 is 11.9 Å². The molecule has 0 saturated heterocycles. The van der Waals surface area contributed by atoms with Gasteiger partial charge in [-0.25, -0.2) is 0 Å². The smallest absolute Gasteiger partial charge is 0.305 e. The van der Waals surface area contributed by atoms with Gasteiger partial charge in [0.1, 0.15) is 5.69 Å². The van der Waals surface area contributed by atoms with Crippen molar-refractivity contribution in [2.75, 3.05) is 11.9 Å². The lowest BCUT2D eigenvalue weighted by atomic mass is 10.0. The molecule has 2 amide bonds. The number of hydrogen-bond acceptors (Lipinski definition) is 4. The maximum absolute atomic E-state index is 12.9. The van der Waals surface area contributed by atoms with Gasteiger partial charge in [0, 0.05) is 39.6 Å². The average molecular weight is 534 g/mol. The number of halogens is 2. The van der Waals surface area contributed by atoms with Crippen molar-refractivity contribution in [2.45, 2.75) is 6.42 Å². The zero-order valence-corrected chi connectivity index (χ0v) is 20.9. The van der Waals surface area contributed by atoms with Crippen molar-refractivity contribution in [3.8, 4) is 22.3 Å². The summed E-state index contributed by atoms with van der Waals surface area (Å²) in [7, 11) is 0. The minimum absolute atomic E-state index is 0.00815. The third-order valence-electron chi connectivity index (χ3n) is 5.43. The van der Waals surface area contributed by atoms with Crippen LogP contribution in [-0.4, -0.2) is 34.4 Å². The van der Waals surface area contributed by atoms with Crippen molar-refractivity contribution in [1.29, 1.82) is 0 Å². The van der Waals surface area contributed by atoms with E-state index in [1.165, 1.54) is 12.3 Å². The summed E-state index contributed by atoms with van der Waals surface area (Å²) in [6.07, 6.45) is 1.32. The Hall–Kier alpha value is -4.20. The third kappa shape index (κ3) is 6.94. The van der Waals surface area contributed by atoms with Crippen LogP contribution in [0.2, 0.25) is 10.0 Å². The summed E-state index contributed by atoms with van der Waals surface area (Å²) in [5, 5.41) is 15.1. The first-order chi connectivity index (χ1) is 17.8. The summed E-state index contributed by atoms with van der Waals surface area (Å²) in [5.41, 5.74) is 4.46. The van der Waals surface area contributed by atoms with Crippen LogP contribution in [0.3, 0.4) is 0 Å². The molecule has 0 unspecified atom stereocenters. The maximum Gasteiger partial charge on any atom is 0.305 e. The van der Waals surface area contributed by atoms with Gasteiger partial charge in [-0.15, -0.1) is 0 Å². The van der Waals surface area contributed by atoms with Gasteiger partial charge in [-0.05, 0) is 65.2 Å². The van der Waals surface area contributed by atoms with Crippen LogP contribution < -0.4 is 10.6 Å². The van der Waals surface area contributed by atoms with Crippen LogP contribution in [0.1, 0.15) is 27.3 Å². The highest BCUT2D eigenvalue weighted by Gasteiger charge is 2.12. The molecule has 3 aromatic carbocycles. The fraction of sp³-hybridized carbons (Fsp3) is 0.0714. The number of carbonyl (C=O) groups is 3. The first-order valence-corrected chi connectivity index (χ1v) is 12.0. The number of carboxylic acid groups (broad SMARTS) is 1. The topological polar surface area (TPSA) is 108 Å². The van der Waals surface area contributed by atoms with E-state index in [0.717, 1.165) is 11.1 Å². The molecule has 186 valence electrons. The molecular weight excluding hydrogens is 513 g/mol. The van der Waals surface area contributed by atoms with Crippen LogP contribution in [0.25, 0.3) is 22.3 Å². The van der Waals surface area contributed by atoms with Crippen molar-refractivity contribution in [2.24, 2.45) is 0 Å². The van der Waals surface area contributed by atoms with Crippen LogP contribution in [0.4, 0.5) is 5.69 Å². The highest BCUT2D eigenvalue weighted by atomic mass is 35.5. The number of carboxylic acids is 1. The predicted octanol–water partition coefficient (Wildman–Crippen LogP) is 6.18. The fourth-order valence-corrected chi connectivity index (χ4v) is 3.91. The van der Waals surface area contributed by atoms with Crippen molar-refractivity contribution < 1.29 is 19.5 Å². The monoisotopic (exact) mass is 533 g/mol. The molecule has 37 heavy (non-hydrogen) atoms. The quantitative estimate of drug-likeness (QED) is 0.250. The van der Waals surface area contributed by atoms with Gasteiger partial charge in [-0.1, -0.05) is 53.5 Å². The van der Waals surface area contributed by atoms with E-state index in [2.05, 4.69) is 15.6 Å². The van der Waals surface area contributed by atoms with Gasteiger partial charge in [0.05, 0.1) is 6.42 Å². The number of pyridine rings is 1. The molecule has 0 aliphatic heterocycles. The highest BCUT2D eigenvalue weighted by molar-refractivity contribution is 6.31. The second-order valence-corrected chi connectivity index (χ2v) is 8.97. The van der Waals surface area contributed by atoms with Crippen LogP contribution in [0.15, 0.2) is 85.1 Å². The van der Waals surface area contributed by atoms with E-state index in [0.29, 0.717) is 32.4 Å². The van der Waals surface area contributed by atoms with Crippen LogP contribution in [-0.2, 0) is 4.79 Å². The Labute approximate surface area is 223 Å². The molecule has 0 fully saturated rings. The van der Waals surface area contributed by atoms with Gasteiger partial charge in [0.15, 0.2) is 0 Å². The van der Waals surface area contributed by atoms with E-state index in [1.807, 2.05) is 48.5 Å². The number of aliphatic carboxylic acids is 1. The first-order valence-electron chi connectivity index (χ1n) is 11.2. The van der Waals surface area contributed by atoms with E-state index in [4.69, 9.17) is 28.3 Å². The minimum Gasteiger partial charge on any atom is -0.481 e. The molecule has 0 radical (unpaired) electrons. The SMILES string of the molecule is O=C(O)CCNC(=O)c1ccc(-c2cc(Cl)cc(C(=O)Nc3ccc(-c4ccc(Cl)cc4)cc3)c2)cn1. The van der Waals surface area contributed by atoms with E-state index in [1.54, 1.807) is 24.3 Å². The Morgan fingerprint density at radius 1 is 0.730 bits per heavy atom. The maximum atomic E-state index is 12.9. The molecule has 1 aromatic heterocycles. The van der Waals surface area contributed by atoms with E-state index in [9.17, 15) is 14.4 Å². The number of aromatic nitrogens is 1. The number of nitrogens with zero attached hydrogens (tertiary/aromatic N) is 1. The van der Waals surface area contributed by atoms with Gasteiger partial charge in [-0.2, -0.15) is 0 Å². The van der Waals surface area contributed by atoms with Crippen LogP contribution >= 0.6 is 23.2 Å². The van der Waals surface area contributed by atoms with Gasteiger partial charge in [-0.3, -0.25) is 19.4 Å². The van der Waals surface area contributed by atoms with Gasteiger partial charge in [0.25, 0.3) is 11.8 Å². The summed E-state index contributed by atoms with van der Waals surface area (Å²) in [6.45, 7) is 0.00815. The van der Waals surface area contributed by atoms with Crippen LogP contribution in [0, 0.1) is 0 Å². The van der Waals surface area contributed by atoms with E-state index >= 15 is 0 Å². The summed E-state index contributed by atoms with van der Waals surface area (Å²) in [4.78, 5) is 39.8. The number of carbonyl (C=O) groups excluding carboxylic acids is 2. The molecule has 4 rings (SSSR count). The van der Waals surface area contributed by atoms with Gasteiger partial charge < -0.3 is 15.7 Å². The Morgan fingerprint density at radius 2 is 1.38 bits per heavy atom. The summed E-state index contributed by atoms with van der Waals surface area (Å²) < 4.78 is 0. The van der Waals surface area contributed by atoms with Crippen molar-refractivity contribution in [1.82, 2.24) is 10.3 Å². The largest absolute Gasteiger partial charge is 0.481 e. The summed E-state index contributed by atoms with van der Waals surface area (Å²) in [6, 6.07) is 23.1. The molecule has 0 spiro atoms. The van der Waals surface area contributed by atoms with Crippen molar-refractivity contribution >= 4 is 46.7 Å². The standard InChI is InChI=1S/C28H21Cl2N3O4/c29-22-6-1-17(2-7-22)18-3-8-24(9-4-18)33-27(36)21-13-20(14-23(30)15-21)19-5-10-25(32-16-19)28(37)31-12-11-26(34)35/h1-10,13-16H,11-12H2,(H,31,37)(H,33,36)(H,34,35). The number of benzene rings is 3. The molecule has 3 N–H and O–H groups in total. The number of hydrogen-bond donors (Lipinski definition) is 3. The molecule has 0 atom stereocenters. The molecule has 9 heteroatoms. The summed E-state index contributed by atoms with van der Waals surface area (Å²) >= 11 is 12.2. The second-order valence-electron chi connectivity index (χ2n) is 8.10. The molecule has 7 nitrogen and oxygen atoms in total. The lowest BCUT2D eigenvalue weighted by molar-refractivity contribution is -0.136. The fourth-order valence-electron chi connectivity index (χ4n) is 3.55. The number of rotatable bonds is 8. The Balaban J connectivity index is 1.45. The molecule has 0 bridgehead atoms. The average Bonchev–Trinajstić information content (AvgIpc) is 2.89. The lowest BCUT2D eigenvalue weighted by Gasteiger charge is -2.10. The first kappa shape index (κ1) is 25.9. The molecular formula is C28H21Cl2N3O4. The number of anilines is 1. The Bertz CT molecular complexity index is 1440. The molecule has 0 aliphatic carbocycles. The predicted molar refractivity (Wildman–Crippen MR) is 144 cm³/mol. The van der Waals surface area contributed by atoms with Gasteiger partial charge in [0.2, 0.25) is 0 Å². The zero-order chi connectivity index (χ0) is 26.4. The Kier molecular flexibility index (Phi) is 8.18. The third-order valence-corrected chi connectivity index (χ3v) is 5.90. The van der Waals surface area contributed by atoms with Crippen molar-refractivity contribution in [3.63, 3.8) is 0 Å². The highest BCUT2D eigenvalue weighted by Crippen LogP contribution is 2.26. The van der Waals surface area contributed by atoms with Crippen LogP contribution in [0.5, 0.6) is 0 Å². The Morgan fingerprint density at radius 3 is 2.00 bits per heavy atom. The number of amides is 2. The van der Waals surface area contributed by atoms with E-state index in [-0.39, 0.29) is 24.6 Å². The minimum atomic E-state index is -1.00. The molecule has 0 aliphatic rings. The normalized spacial score (nSPS) is 10.5. The second kappa shape index (κ2) is 11.7. The van der Waals surface area contributed by atoms with Gasteiger partial charge >= 0.3 is 5.97 Å². The number of nitrogens with one attached hydrogen (secondary N) is 2.